The summed E-state index contributed by atoms with van der Waals surface area (Å²) in [5, 5.41) is 5.56. The molecule has 136 valence electrons. The van der Waals surface area contributed by atoms with E-state index in [-0.39, 0.29) is 23.8 Å². The molecule has 0 saturated carbocycles. The minimum Gasteiger partial charge on any atom is -0.324 e. The van der Waals surface area contributed by atoms with Gasteiger partial charge in [0.2, 0.25) is 5.91 Å². The Kier molecular flexibility index (Phi) is 5.20. The lowest BCUT2D eigenvalue weighted by Gasteiger charge is -2.24. The highest BCUT2D eigenvalue weighted by Gasteiger charge is 2.49. The van der Waals surface area contributed by atoms with Gasteiger partial charge in [-0.25, -0.2) is 4.79 Å². The number of amides is 4. The summed E-state index contributed by atoms with van der Waals surface area (Å²) in [6.07, 6.45) is 0.998. The molecule has 1 heterocycles. The van der Waals surface area contributed by atoms with E-state index in [0.29, 0.717) is 18.5 Å². The molecule has 1 saturated heterocycles. The lowest BCUT2D eigenvalue weighted by atomic mass is 9.86. The Morgan fingerprint density at radius 3 is 2.28 bits per heavy atom. The van der Waals surface area contributed by atoms with Crippen molar-refractivity contribution in [2.45, 2.75) is 58.4 Å². The number of benzene rings is 1. The average molecular weight is 345 g/mol. The van der Waals surface area contributed by atoms with Crippen LogP contribution in [-0.4, -0.2) is 34.8 Å². The number of para-hydroxylation sites is 1. The summed E-state index contributed by atoms with van der Waals surface area (Å²) in [5.74, 6) is -0.718. The third kappa shape index (κ3) is 3.67. The van der Waals surface area contributed by atoms with Gasteiger partial charge in [-0.2, -0.15) is 0 Å². The maximum atomic E-state index is 12.6. The van der Waals surface area contributed by atoms with Crippen molar-refractivity contribution in [3.05, 3.63) is 29.8 Å². The molecule has 0 radical (unpaired) electrons. The van der Waals surface area contributed by atoms with Crippen LogP contribution in [0.3, 0.4) is 0 Å². The molecular weight excluding hydrogens is 318 g/mol. The Labute approximate surface area is 149 Å². The van der Waals surface area contributed by atoms with Crippen molar-refractivity contribution in [3.8, 4) is 0 Å². The molecule has 1 fully saturated rings. The molecule has 1 aromatic carbocycles. The van der Waals surface area contributed by atoms with Crippen LogP contribution in [0, 0.1) is 0 Å². The van der Waals surface area contributed by atoms with Crippen molar-refractivity contribution in [2.75, 3.05) is 11.9 Å². The first-order valence-corrected chi connectivity index (χ1v) is 8.68. The molecule has 0 aliphatic carbocycles. The second-order valence-electron chi connectivity index (χ2n) is 7.45. The third-order valence-corrected chi connectivity index (χ3v) is 4.76. The fourth-order valence-electron chi connectivity index (χ4n) is 3.13. The molecule has 1 aliphatic rings. The van der Waals surface area contributed by atoms with Gasteiger partial charge in [0, 0.05) is 5.69 Å². The molecule has 2 rings (SSSR count). The zero-order valence-electron chi connectivity index (χ0n) is 15.6. The Balaban J connectivity index is 2.14. The molecule has 0 aromatic heterocycles. The summed E-state index contributed by atoms with van der Waals surface area (Å²) in [6, 6.07) is 7.05. The highest BCUT2D eigenvalue weighted by Crippen LogP contribution is 2.29. The molecule has 1 aromatic rings. The van der Waals surface area contributed by atoms with Crippen LogP contribution in [0.5, 0.6) is 0 Å². The quantitative estimate of drug-likeness (QED) is 0.805. The monoisotopic (exact) mass is 345 g/mol. The number of hydrogen-bond acceptors (Lipinski definition) is 3. The number of carbonyl (C=O) groups excluding carboxylic acids is 3. The standard InChI is InChI=1S/C19H27N3O3/c1-6-19(7-2)16(24)22(17(25)21-19)12-15(23)20-14-11-9-8-10-13(14)18(3,4)5/h8-11H,6-7,12H2,1-5H3,(H,20,23)(H,21,25). The highest BCUT2D eigenvalue weighted by atomic mass is 16.2. The van der Waals surface area contributed by atoms with Gasteiger partial charge in [0.05, 0.1) is 0 Å². The fourth-order valence-corrected chi connectivity index (χ4v) is 3.13. The van der Waals surface area contributed by atoms with Crippen molar-refractivity contribution in [3.63, 3.8) is 0 Å². The second kappa shape index (κ2) is 6.86. The lowest BCUT2D eigenvalue weighted by molar-refractivity contribution is -0.134. The van der Waals surface area contributed by atoms with E-state index in [1.807, 2.05) is 38.1 Å². The predicted octanol–water partition coefficient (Wildman–Crippen LogP) is 3.03. The molecular formula is C19H27N3O3. The molecule has 0 unspecified atom stereocenters. The van der Waals surface area contributed by atoms with E-state index in [1.54, 1.807) is 0 Å². The number of urea groups is 1. The van der Waals surface area contributed by atoms with E-state index < -0.39 is 11.6 Å². The summed E-state index contributed by atoms with van der Waals surface area (Å²) in [6.45, 7) is 9.60. The topological polar surface area (TPSA) is 78.5 Å². The lowest BCUT2D eigenvalue weighted by Crippen LogP contribution is -2.46. The SMILES string of the molecule is CCC1(CC)NC(=O)N(CC(=O)Nc2ccccc2C(C)(C)C)C1=O. The average Bonchev–Trinajstić information content (AvgIpc) is 2.79. The van der Waals surface area contributed by atoms with Gasteiger partial charge in [-0.1, -0.05) is 52.8 Å². The fraction of sp³-hybridized carbons (Fsp3) is 0.526. The number of nitrogens with zero attached hydrogens (tertiary/aromatic N) is 1. The Hall–Kier alpha value is -2.37. The number of rotatable bonds is 5. The van der Waals surface area contributed by atoms with Gasteiger partial charge in [0.15, 0.2) is 0 Å². The van der Waals surface area contributed by atoms with Crippen LogP contribution < -0.4 is 10.6 Å². The van der Waals surface area contributed by atoms with Crippen molar-refractivity contribution in [1.82, 2.24) is 10.2 Å². The van der Waals surface area contributed by atoms with Gasteiger partial charge >= 0.3 is 6.03 Å². The molecule has 1 aliphatic heterocycles. The van der Waals surface area contributed by atoms with Gasteiger partial charge in [-0.3, -0.25) is 14.5 Å². The van der Waals surface area contributed by atoms with Crippen LogP contribution in [0.2, 0.25) is 0 Å². The molecule has 6 nitrogen and oxygen atoms in total. The Morgan fingerprint density at radius 1 is 1.16 bits per heavy atom. The largest absolute Gasteiger partial charge is 0.325 e. The number of carbonyl (C=O) groups is 3. The van der Waals surface area contributed by atoms with Gasteiger partial charge in [0.1, 0.15) is 12.1 Å². The summed E-state index contributed by atoms with van der Waals surface area (Å²) in [5.41, 5.74) is 0.673. The number of nitrogens with one attached hydrogen (secondary N) is 2. The Bertz CT molecular complexity index is 687. The maximum absolute atomic E-state index is 12.6. The van der Waals surface area contributed by atoms with Crippen molar-refractivity contribution in [1.29, 1.82) is 0 Å². The molecule has 6 heteroatoms. The van der Waals surface area contributed by atoms with Crippen molar-refractivity contribution < 1.29 is 14.4 Å². The van der Waals surface area contributed by atoms with Gasteiger partial charge in [-0.05, 0) is 29.9 Å². The van der Waals surface area contributed by atoms with E-state index in [0.717, 1.165) is 10.5 Å². The van der Waals surface area contributed by atoms with E-state index in [2.05, 4.69) is 31.4 Å². The predicted molar refractivity (Wildman–Crippen MR) is 97.3 cm³/mol. The summed E-state index contributed by atoms with van der Waals surface area (Å²) >= 11 is 0. The van der Waals surface area contributed by atoms with Crippen molar-refractivity contribution in [2.24, 2.45) is 0 Å². The zero-order chi connectivity index (χ0) is 18.8. The van der Waals surface area contributed by atoms with Crippen LogP contribution in [-0.2, 0) is 15.0 Å². The zero-order valence-corrected chi connectivity index (χ0v) is 15.6. The second-order valence-corrected chi connectivity index (χ2v) is 7.45. The van der Waals surface area contributed by atoms with Gasteiger partial charge in [0.25, 0.3) is 5.91 Å². The molecule has 0 bridgehead atoms. The van der Waals surface area contributed by atoms with E-state index in [1.165, 1.54) is 0 Å². The molecule has 2 N–H and O–H groups in total. The van der Waals surface area contributed by atoms with Crippen LogP contribution in [0.4, 0.5) is 10.5 Å². The van der Waals surface area contributed by atoms with E-state index in [9.17, 15) is 14.4 Å². The van der Waals surface area contributed by atoms with Crippen molar-refractivity contribution >= 4 is 23.5 Å². The van der Waals surface area contributed by atoms with Crippen LogP contribution in [0.1, 0.15) is 53.0 Å². The van der Waals surface area contributed by atoms with E-state index in [4.69, 9.17) is 0 Å². The normalized spacial score (nSPS) is 16.8. The van der Waals surface area contributed by atoms with Gasteiger partial charge in [-0.15, -0.1) is 0 Å². The number of anilines is 1. The van der Waals surface area contributed by atoms with Crippen LogP contribution >= 0.6 is 0 Å². The number of hydrogen-bond donors (Lipinski definition) is 2. The summed E-state index contributed by atoms with van der Waals surface area (Å²) in [7, 11) is 0. The minimum absolute atomic E-state index is 0.135. The first-order chi connectivity index (χ1) is 11.6. The summed E-state index contributed by atoms with van der Waals surface area (Å²) in [4.78, 5) is 38.2. The Morgan fingerprint density at radius 2 is 1.76 bits per heavy atom. The van der Waals surface area contributed by atoms with Crippen LogP contribution in [0.25, 0.3) is 0 Å². The molecule has 25 heavy (non-hydrogen) atoms. The molecule has 0 atom stereocenters. The summed E-state index contributed by atoms with van der Waals surface area (Å²) < 4.78 is 0. The number of imide groups is 1. The molecule has 0 spiro atoms. The minimum atomic E-state index is -0.888. The van der Waals surface area contributed by atoms with E-state index >= 15 is 0 Å². The van der Waals surface area contributed by atoms with Gasteiger partial charge < -0.3 is 10.6 Å². The first kappa shape index (κ1) is 19.0. The first-order valence-electron chi connectivity index (χ1n) is 8.68. The van der Waals surface area contributed by atoms with Crippen LogP contribution in [0.15, 0.2) is 24.3 Å². The highest BCUT2D eigenvalue weighted by molar-refractivity contribution is 6.10. The third-order valence-electron chi connectivity index (χ3n) is 4.76. The molecule has 4 amide bonds. The maximum Gasteiger partial charge on any atom is 0.325 e. The smallest absolute Gasteiger partial charge is 0.324 e.